The molecule has 1 N–H and O–H groups in total. The van der Waals surface area contributed by atoms with Gasteiger partial charge in [-0.05, 0) is 23.4 Å². The Morgan fingerprint density at radius 1 is 1.36 bits per heavy atom. The fraction of sp³-hybridized carbons (Fsp3) is 0.625. The summed E-state index contributed by atoms with van der Waals surface area (Å²) in [5.41, 5.74) is 9.83. The summed E-state index contributed by atoms with van der Waals surface area (Å²) in [6, 6.07) is 9.22. The molecule has 0 saturated heterocycles. The van der Waals surface area contributed by atoms with Gasteiger partial charge in [-0.1, -0.05) is 48.8 Å². The summed E-state index contributed by atoms with van der Waals surface area (Å²) in [5, 5.41) is 14.4. The van der Waals surface area contributed by atoms with Gasteiger partial charge in [0.15, 0.2) is 0 Å². The van der Waals surface area contributed by atoms with Gasteiger partial charge in [0.25, 0.3) is 0 Å². The molecule has 1 aliphatic rings. The molecular formula is C16H23N3O3. The first-order valence-electron chi connectivity index (χ1n) is 7.61. The number of azide groups is 1. The molecule has 0 aliphatic heterocycles. The highest BCUT2D eigenvalue weighted by Crippen LogP contribution is 2.33. The lowest BCUT2D eigenvalue weighted by atomic mass is 9.78. The maximum atomic E-state index is 10.6. The Labute approximate surface area is 130 Å². The Bertz CT molecular complexity index is 505. The molecule has 2 rings (SSSR count). The third-order valence-corrected chi connectivity index (χ3v) is 4.37. The third kappa shape index (κ3) is 3.78. The Kier molecular flexibility index (Phi) is 6.21. The number of aliphatic hydroxyl groups is 1. The molecule has 0 heterocycles. The Morgan fingerprint density at radius 3 is 2.68 bits per heavy atom. The quantitative estimate of drug-likeness (QED) is 0.497. The van der Waals surface area contributed by atoms with Crippen LogP contribution in [0.25, 0.3) is 10.4 Å². The van der Waals surface area contributed by atoms with Crippen molar-refractivity contribution in [3.8, 4) is 0 Å². The first kappa shape index (κ1) is 16.8. The van der Waals surface area contributed by atoms with Crippen molar-refractivity contribution >= 4 is 0 Å². The van der Waals surface area contributed by atoms with Gasteiger partial charge in [-0.2, -0.15) is 0 Å². The highest BCUT2D eigenvalue weighted by molar-refractivity contribution is 5.13. The molecule has 0 radical (unpaired) electrons. The van der Waals surface area contributed by atoms with E-state index in [1.165, 1.54) is 0 Å². The van der Waals surface area contributed by atoms with Gasteiger partial charge in [0, 0.05) is 12.0 Å². The molecule has 1 fully saturated rings. The molecule has 0 aromatic heterocycles. The standard InChI is InChI=1S/C16H23N3O3/c1-3-12-9-13(21-2)14(18-19-17)16(15(12)20)22-10-11-7-5-4-6-8-11/h4-8,12-16,20H,3,9-10H2,1-2H3/t12?,13-,14?,15+,16+/m0/s1. The van der Waals surface area contributed by atoms with Gasteiger partial charge in [-0.25, -0.2) is 0 Å². The molecule has 1 aromatic rings. The largest absolute Gasteiger partial charge is 0.390 e. The molecular weight excluding hydrogens is 282 g/mol. The molecule has 0 spiro atoms. The lowest BCUT2D eigenvalue weighted by Gasteiger charge is -2.42. The topological polar surface area (TPSA) is 87.5 Å². The summed E-state index contributed by atoms with van der Waals surface area (Å²) in [5.74, 6) is 0.0795. The lowest BCUT2D eigenvalue weighted by molar-refractivity contribution is -0.137. The molecule has 0 amide bonds. The minimum Gasteiger partial charge on any atom is -0.390 e. The summed E-state index contributed by atoms with van der Waals surface area (Å²) < 4.78 is 11.4. The van der Waals surface area contributed by atoms with Crippen molar-refractivity contribution in [3.63, 3.8) is 0 Å². The molecule has 1 saturated carbocycles. The van der Waals surface area contributed by atoms with E-state index in [0.29, 0.717) is 13.0 Å². The average molecular weight is 305 g/mol. The SMILES string of the molecule is CCC1C[C@H](OC)C(N=[N+]=[N-])[C@@H](OCc2ccccc2)[C@@H]1O. The fourth-order valence-electron chi connectivity index (χ4n) is 3.07. The molecule has 22 heavy (non-hydrogen) atoms. The van der Waals surface area contributed by atoms with Gasteiger partial charge < -0.3 is 14.6 Å². The van der Waals surface area contributed by atoms with Crippen molar-refractivity contribution < 1.29 is 14.6 Å². The maximum Gasteiger partial charge on any atom is 0.0950 e. The number of benzene rings is 1. The van der Waals surface area contributed by atoms with E-state index < -0.39 is 18.2 Å². The molecule has 0 bridgehead atoms. The van der Waals surface area contributed by atoms with E-state index in [9.17, 15) is 5.11 Å². The van der Waals surface area contributed by atoms with Crippen LogP contribution in [0.4, 0.5) is 0 Å². The van der Waals surface area contributed by atoms with Gasteiger partial charge in [-0.15, -0.1) is 0 Å². The minimum absolute atomic E-state index is 0.0795. The van der Waals surface area contributed by atoms with Crippen LogP contribution < -0.4 is 0 Å². The summed E-state index contributed by atoms with van der Waals surface area (Å²) in [7, 11) is 1.60. The van der Waals surface area contributed by atoms with Crippen molar-refractivity contribution in [2.75, 3.05) is 7.11 Å². The fourth-order valence-corrected chi connectivity index (χ4v) is 3.07. The van der Waals surface area contributed by atoms with Crippen LogP contribution in [0.15, 0.2) is 35.4 Å². The van der Waals surface area contributed by atoms with E-state index in [-0.39, 0.29) is 12.0 Å². The zero-order valence-electron chi connectivity index (χ0n) is 13.0. The van der Waals surface area contributed by atoms with E-state index in [1.807, 2.05) is 37.3 Å². The molecule has 1 aliphatic carbocycles. The van der Waals surface area contributed by atoms with Gasteiger partial charge in [0.1, 0.15) is 0 Å². The van der Waals surface area contributed by atoms with Gasteiger partial charge >= 0.3 is 0 Å². The van der Waals surface area contributed by atoms with Crippen LogP contribution in [0, 0.1) is 5.92 Å². The monoisotopic (exact) mass is 305 g/mol. The highest BCUT2D eigenvalue weighted by Gasteiger charge is 2.44. The third-order valence-electron chi connectivity index (χ3n) is 4.37. The first-order chi connectivity index (χ1) is 10.7. The van der Waals surface area contributed by atoms with Crippen molar-refractivity contribution in [3.05, 3.63) is 46.3 Å². The van der Waals surface area contributed by atoms with Crippen molar-refractivity contribution in [2.45, 2.75) is 50.7 Å². The lowest BCUT2D eigenvalue weighted by Crippen LogP contribution is -2.54. The predicted octanol–water partition coefficient (Wildman–Crippen LogP) is 3.06. The maximum absolute atomic E-state index is 10.6. The van der Waals surface area contributed by atoms with Crippen LogP contribution >= 0.6 is 0 Å². The molecule has 2 unspecified atom stereocenters. The van der Waals surface area contributed by atoms with E-state index in [4.69, 9.17) is 15.0 Å². The summed E-state index contributed by atoms with van der Waals surface area (Å²) in [4.78, 5) is 2.90. The van der Waals surface area contributed by atoms with Crippen LogP contribution in [-0.2, 0) is 16.1 Å². The molecule has 1 aromatic carbocycles. The van der Waals surface area contributed by atoms with E-state index in [2.05, 4.69) is 10.0 Å². The minimum atomic E-state index is -0.657. The van der Waals surface area contributed by atoms with E-state index >= 15 is 0 Å². The summed E-state index contributed by atoms with van der Waals surface area (Å²) in [6.45, 7) is 2.40. The zero-order chi connectivity index (χ0) is 15.9. The van der Waals surface area contributed by atoms with Gasteiger partial charge in [0.2, 0.25) is 0 Å². The van der Waals surface area contributed by atoms with Crippen LogP contribution in [0.3, 0.4) is 0 Å². The smallest absolute Gasteiger partial charge is 0.0950 e. The van der Waals surface area contributed by atoms with E-state index in [1.54, 1.807) is 7.11 Å². The van der Waals surface area contributed by atoms with Gasteiger partial charge in [0.05, 0.1) is 31.0 Å². The molecule has 120 valence electrons. The number of ether oxygens (including phenoxy) is 2. The van der Waals surface area contributed by atoms with E-state index in [0.717, 1.165) is 12.0 Å². The van der Waals surface area contributed by atoms with Gasteiger partial charge in [-0.3, -0.25) is 0 Å². The number of nitrogens with zero attached hydrogens (tertiary/aromatic N) is 3. The number of rotatable bonds is 6. The van der Waals surface area contributed by atoms with Crippen LogP contribution in [0.2, 0.25) is 0 Å². The van der Waals surface area contributed by atoms with Crippen LogP contribution in [-0.4, -0.2) is 36.6 Å². The molecule has 6 nitrogen and oxygen atoms in total. The van der Waals surface area contributed by atoms with Crippen LogP contribution in [0.1, 0.15) is 25.3 Å². The normalized spacial score (nSPS) is 31.5. The second-order valence-corrected chi connectivity index (χ2v) is 5.63. The number of methoxy groups -OCH3 is 1. The number of aliphatic hydroxyl groups excluding tert-OH is 1. The second kappa shape index (κ2) is 8.15. The number of hydrogen-bond acceptors (Lipinski definition) is 4. The average Bonchev–Trinajstić information content (AvgIpc) is 2.56. The Hall–Kier alpha value is -1.59. The second-order valence-electron chi connectivity index (χ2n) is 5.63. The van der Waals surface area contributed by atoms with Crippen molar-refractivity contribution in [2.24, 2.45) is 11.0 Å². The van der Waals surface area contributed by atoms with Crippen molar-refractivity contribution in [1.82, 2.24) is 0 Å². The Morgan fingerprint density at radius 2 is 2.09 bits per heavy atom. The zero-order valence-corrected chi connectivity index (χ0v) is 13.0. The molecule has 5 atom stereocenters. The Balaban J connectivity index is 2.15. The van der Waals surface area contributed by atoms with Crippen LogP contribution in [0.5, 0.6) is 0 Å². The highest BCUT2D eigenvalue weighted by atomic mass is 16.5. The number of hydrogen-bond donors (Lipinski definition) is 1. The van der Waals surface area contributed by atoms with Crippen molar-refractivity contribution in [1.29, 1.82) is 0 Å². The molecule has 6 heteroatoms. The summed E-state index contributed by atoms with van der Waals surface area (Å²) in [6.07, 6.45) is 0.0542. The first-order valence-corrected chi connectivity index (χ1v) is 7.61. The predicted molar refractivity (Wildman–Crippen MR) is 83.2 cm³/mol. The summed E-state index contributed by atoms with van der Waals surface area (Å²) >= 11 is 0.